The van der Waals surface area contributed by atoms with E-state index < -0.39 is 0 Å². The molecule has 1 amide bonds. The van der Waals surface area contributed by atoms with Crippen molar-refractivity contribution in [2.45, 2.75) is 6.04 Å². The van der Waals surface area contributed by atoms with E-state index in [1.165, 1.54) is 0 Å². The monoisotopic (exact) mass is 384 g/mol. The fourth-order valence-corrected chi connectivity index (χ4v) is 2.76. The van der Waals surface area contributed by atoms with Gasteiger partial charge in [0.25, 0.3) is 0 Å². The van der Waals surface area contributed by atoms with Crippen molar-refractivity contribution in [3.05, 3.63) is 33.8 Å². The SMILES string of the molecule is O=C(Nc1cc(-c2cc(Br)ccc2Cl)[nH]n1)C1COCCN1. The van der Waals surface area contributed by atoms with E-state index in [1.54, 1.807) is 12.1 Å². The molecular formula is C14H14BrClN4O2. The summed E-state index contributed by atoms with van der Waals surface area (Å²) in [5.74, 6) is 0.279. The van der Waals surface area contributed by atoms with Crippen molar-refractivity contribution >= 4 is 39.3 Å². The van der Waals surface area contributed by atoms with Crippen LogP contribution in [0.25, 0.3) is 11.3 Å². The molecular weight excluding hydrogens is 372 g/mol. The molecule has 8 heteroatoms. The highest BCUT2D eigenvalue weighted by molar-refractivity contribution is 9.10. The third-order valence-electron chi connectivity index (χ3n) is 3.29. The Hall–Kier alpha value is -1.41. The number of carbonyl (C=O) groups excluding carboxylic acids is 1. The minimum atomic E-state index is -0.358. The lowest BCUT2D eigenvalue weighted by Gasteiger charge is -2.22. The van der Waals surface area contributed by atoms with Crippen molar-refractivity contribution in [3.8, 4) is 11.3 Å². The minimum absolute atomic E-state index is 0.168. The zero-order valence-electron chi connectivity index (χ0n) is 11.5. The Balaban J connectivity index is 1.73. The maximum atomic E-state index is 12.1. The number of anilines is 1. The smallest absolute Gasteiger partial charge is 0.245 e. The molecule has 1 aliphatic rings. The number of aromatic nitrogens is 2. The highest BCUT2D eigenvalue weighted by atomic mass is 79.9. The van der Waals surface area contributed by atoms with Crippen LogP contribution in [0.1, 0.15) is 0 Å². The fraction of sp³-hybridized carbons (Fsp3) is 0.286. The molecule has 1 unspecified atom stereocenters. The van der Waals surface area contributed by atoms with Crippen LogP contribution < -0.4 is 10.6 Å². The third kappa shape index (κ3) is 3.49. The molecule has 1 aromatic heterocycles. The van der Waals surface area contributed by atoms with Crippen LogP contribution in [-0.4, -0.2) is 41.9 Å². The minimum Gasteiger partial charge on any atom is -0.378 e. The maximum absolute atomic E-state index is 12.1. The van der Waals surface area contributed by atoms with E-state index in [0.717, 1.165) is 15.7 Å². The molecule has 1 aliphatic heterocycles. The van der Waals surface area contributed by atoms with Gasteiger partial charge in [0.15, 0.2) is 5.82 Å². The molecule has 1 atom stereocenters. The van der Waals surface area contributed by atoms with Crippen LogP contribution in [0.5, 0.6) is 0 Å². The van der Waals surface area contributed by atoms with Gasteiger partial charge in [0.05, 0.1) is 23.9 Å². The van der Waals surface area contributed by atoms with Gasteiger partial charge < -0.3 is 15.4 Å². The normalized spacial score (nSPS) is 18.2. The van der Waals surface area contributed by atoms with Crippen molar-refractivity contribution in [2.24, 2.45) is 0 Å². The number of H-pyrrole nitrogens is 1. The molecule has 116 valence electrons. The van der Waals surface area contributed by atoms with Crippen molar-refractivity contribution in [1.82, 2.24) is 15.5 Å². The third-order valence-corrected chi connectivity index (χ3v) is 4.11. The van der Waals surface area contributed by atoms with E-state index in [0.29, 0.717) is 30.6 Å². The Morgan fingerprint density at radius 3 is 3.09 bits per heavy atom. The highest BCUT2D eigenvalue weighted by Gasteiger charge is 2.22. The Kier molecular flexibility index (Phi) is 4.77. The number of ether oxygens (including phenoxy) is 1. The van der Waals surface area contributed by atoms with Crippen LogP contribution in [0.4, 0.5) is 5.82 Å². The molecule has 6 nitrogen and oxygen atoms in total. The molecule has 3 rings (SSSR count). The van der Waals surface area contributed by atoms with E-state index >= 15 is 0 Å². The van der Waals surface area contributed by atoms with Gasteiger partial charge in [0.2, 0.25) is 5.91 Å². The summed E-state index contributed by atoms with van der Waals surface area (Å²) in [5, 5.41) is 13.4. The van der Waals surface area contributed by atoms with E-state index in [4.69, 9.17) is 16.3 Å². The standard InChI is InChI=1S/C14H14BrClN4O2/c15-8-1-2-10(16)9(5-8)11-6-13(20-19-11)18-14(21)12-7-22-4-3-17-12/h1-2,5-6,12,17H,3-4,7H2,(H2,18,19,20,21). The number of carbonyl (C=O) groups is 1. The van der Waals surface area contributed by atoms with E-state index in [-0.39, 0.29) is 11.9 Å². The molecule has 3 N–H and O–H groups in total. The molecule has 0 radical (unpaired) electrons. The summed E-state index contributed by atoms with van der Waals surface area (Å²) in [6.45, 7) is 1.65. The molecule has 1 fully saturated rings. The van der Waals surface area contributed by atoms with Gasteiger partial charge in [-0.15, -0.1) is 0 Å². The zero-order valence-corrected chi connectivity index (χ0v) is 13.9. The van der Waals surface area contributed by atoms with E-state index in [2.05, 4.69) is 36.8 Å². The van der Waals surface area contributed by atoms with Gasteiger partial charge in [-0.25, -0.2) is 0 Å². The number of hydrogen-bond donors (Lipinski definition) is 3. The number of nitrogens with one attached hydrogen (secondary N) is 3. The van der Waals surface area contributed by atoms with Gasteiger partial charge in [-0.3, -0.25) is 9.89 Å². The summed E-state index contributed by atoms with van der Waals surface area (Å²) in [7, 11) is 0. The second-order valence-electron chi connectivity index (χ2n) is 4.86. The largest absolute Gasteiger partial charge is 0.378 e. The number of amides is 1. The maximum Gasteiger partial charge on any atom is 0.245 e. The van der Waals surface area contributed by atoms with Crippen LogP contribution in [0.3, 0.4) is 0 Å². The molecule has 0 spiro atoms. The summed E-state index contributed by atoms with van der Waals surface area (Å²) in [6, 6.07) is 6.93. The number of aromatic amines is 1. The van der Waals surface area contributed by atoms with Gasteiger partial charge in [-0.2, -0.15) is 5.10 Å². The second-order valence-corrected chi connectivity index (χ2v) is 6.18. The van der Waals surface area contributed by atoms with Gasteiger partial charge in [-0.05, 0) is 18.2 Å². The predicted octanol–water partition coefficient (Wildman–Crippen LogP) is 2.42. The summed E-state index contributed by atoms with van der Waals surface area (Å²) >= 11 is 9.59. The molecule has 2 aromatic rings. The zero-order chi connectivity index (χ0) is 15.5. The lowest BCUT2D eigenvalue weighted by atomic mass is 10.1. The summed E-state index contributed by atoms with van der Waals surface area (Å²) in [5.41, 5.74) is 1.54. The van der Waals surface area contributed by atoms with Gasteiger partial charge in [0.1, 0.15) is 6.04 Å². The van der Waals surface area contributed by atoms with Gasteiger partial charge >= 0.3 is 0 Å². The molecule has 1 saturated heterocycles. The highest BCUT2D eigenvalue weighted by Crippen LogP contribution is 2.30. The Morgan fingerprint density at radius 2 is 2.32 bits per heavy atom. The topological polar surface area (TPSA) is 79.0 Å². The van der Waals surface area contributed by atoms with Crippen molar-refractivity contribution in [2.75, 3.05) is 25.1 Å². The molecule has 22 heavy (non-hydrogen) atoms. The summed E-state index contributed by atoms with van der Waals surface area (Å²) in [4.78, 5) is 12.1. The quantitative estimate of drug-likeness (QED) is 0.758. The summed E-state index contributed by atoms with van der Waals surface area (Å²) < 4.78 is 6.18. The van der Waals surface area contributed by atoms with Gasteiger partial charge in [-0.1, -0.05) is 27.5 Å². The first-order valence-electron chi connectivity index (χ1n) is 6.76. The van der Waals surface area contributed by atoms with Crippen molar-refractivity contribution in [3.63, 3.8) is 0 Å². The second kappa shape index (κ2) is 6.78. The number of halogens is 2. The van der Waals surface area contributed by atoms with Crippen LogP contribution in [-0.2, 0) is 9.53 Å². The number of benzene rings is 1. The summed E-state index contributed by atoms with van der Waals surface area (Å²) in [6.07, 6.45) is 0. The fourth-order valence-electron chi connectivity index (χ4n) is 2.17. The average molecular weight is 386 g/mol. The first kappa shape index (κ1) is 15.5. The Bertz CT molecular complexity index is 685. The lowest BCUT2D eigenvalue weighted by molar-refractivity contribution is -0.120. The van der Waals surface area contributed by atoms with E-state index in [9.17, 15) is 4.79 Å². The van der Waals surface area contributed by atoms with Crippen molar-refractivity contribution in [1.29, 1.82) is 0 Å². The lowest BCUT2D eigenvalue weighted by Crippen LogP contribution is -2.48. The van der Waals surface area contributed by atoms with Gasteiger partial charge in [0, 0.05) is 22.6 Å². The number of rotatable bonds is 3. The van der Waals surface area contributed by atoms with Crippen LogP contribution in [0.2, 0.25) is 5.02 Å². The molecule has 0 aliphatic carbocycles. The van der Waals surface area contributed by atoms with E-state index in [1.807, 2.05) is 12.1 Å². The number of nitrogens with zero attached hydrogens (tertiary/aromatic N) is 1. The first-order chi connectivity index (χ1) is 10.6. The first-order valence-corrected chi connectivity index (χ1v) is 7.93. The molecule has 0 saturated carbocycles. The molecule has 0 bridgehead atoms. The Labute approximate surface area is 140 Å². The molecule has 2 heterocycles. The number of hydrogen-bond acceptors (Lipinski definition) is 4. The van der Waals surface area contributed by atoms with Crippen LogP contribution in [0, 0.1) is 0 Å². The number of morpholine rings is 1. The molecule has 1 aromatic carbocycles. The predicted molar refractivity (Wildman–Crippen MR) is 88.0 cm³/mol. The van der Waals surface area contributed by atoms with Crippen LogP contribution >= 0.6 is 27.5 Å². The Morgan fingerprint density at radius 1 is 1.45 bits per heavy atom. The van der Waals surface area contributed by atoms with Crippen molar-refractivity contribution < 1.29 is 9.53 Å². The van der Waals surface area contributed by atoms with Crippen LogP contribution in [0.15, 0.2) is 28.7 Å². The average Bonchev–Trinajstić information content (AvgIpc) is 2.99.